The van der Waals surface area contributed by atoms with Crippen molar-refractivity contribution in [3.8, 4) is 5.75 Å². The predicted molar refractivity (Wildman–Crippen MR) is 89.0 cm³/mol. The lowest BCUT2D eigenvalue weighted by atomic mass is 9.94. The Hall–Kier alpha value is -0.770. The molecule has 0 aliphatic carbocycles. The summed E-state index contributed by atoms with van der Waals surface area (Å²) in [6, 6.07) is 5.61. The van der Waals surface area contributed by atoms with Crippen LogP contribution in [0.4, 0.5) is 0 Å². The lowest BCUT2D eigenvalue weighted by molar-refractivity contribution is -0.0269. The second-order valence-electron chi connectivity index (χ2n) is 7.12. The number of nitrogens with one attached hydrogen (secondary N) is 1. The van der Waals surface area contributed by atoms with Gasteiger partial charge in [0.15, 0.2) is 0 Å². The quantitative estimate of drug-likeness (QED) is 0.833. The minimum atomic E-state index is -0.864. The first-order valence-corrected chi connectivity index (χ1v) is 7.78. The Morgan fingerprint density at radius 1 is 1.24 bits per heavy atom. The molecule has 0 spiro atoms. The van der Waals surface area contributed by atoms with Crippen LogP contribution in [0.3, 0.4) is 0 Å². The molecule has 2 N–H and O–H groups in total. The van der Waals surface area contributed by atoms with Crippen molar-refractivity contribution < 1.29 is 9.84 Å². The largest absolute Gasteiger partial charge is 0.490 e. The van der Waals surface area contributed by atoms with Gasteiger partial charge in [0.25, 0.3) is 0 Å². The molecule has 0 saturated carbocycles. The first-order valence-electron chi connectivity index (χ1n) is 7.40. The zero-order valence-electron chi connectivity index (χ0n) is 14.0. The van der Waals surface area contributed by atoms with Crippen LogP contribution in [0.2, 0.25) is 5.02 Å². The molecule has 1 unspecified atom stereocenters. The van der Waals surface area contributed by atoms with E-state index in [0.29, 0.717) is 11.6 Å². The molecule has 4 heteroatoms. The van der Waals surface area contributed by atoms with Crippen LogP contribution in [-0.4, -0.2) is 22.9 Å². The Balaban J connectivity index is 2.85. The van der Waals surface area contributed by atoms with E-state index in [4.69, 9.17) is 16.3 Å². The maximum absolute atomic E-state index is 10.3. The summed E-state index contributed by atoms with van der Waals surface area (Å²) in [6.07, 6.45) is 0. The lowest BCUT2D eigenvalue weighted by Gasteiger charge is -2.28. The predicted octanol–water partition coefficient (Wildman–Crippen LogP) is 4.01. The van der Waals surface area contributed by atoms with Gasteiger partial charge >= 0.3 is 0 Å². The number of hydrogen-bond acceptors (Lipinski definition) is 3. The standard InChI is InChI=1S/C17H28ClNO2/c1-12(2)17(6,20)11-21-15-9-7-8-14(18)13(15)10-19-16(3,4)5/h7-9,12,19-20H,10-11H2,1-6H3. The van der Waals surface area contributed by atoms with Crippen LogP contribution in [0.25, 0.3) is 0 Å². The molecule has 0 aliphatic rings. The molecule has 0 heterocycles. The normalized spacial score (nSPS) is 15.1. The fourth-order valence-electron chi connectivity index (χ4n) is 1.59. The van der Waals surface area contributed by atoms with Crippen LogP contribution < -0.4 is 10.1 Å². The van der Waals surface area contributed by atoms with Gasteiger partial charge in [-0.25, -0.2) is 0 Å². The first kappa shape index (κ1) is 18.3. The number of rotatable bonds is 6. The highest BCUT2D eigenvalue weighted by Gasteiger charge is 2.26. The highest BCUT2D eigenvalue weighted by atomic mass is 35.5. The van der Waals surface area contributed by atoms with E-state index in [1.165, 1.54) is 0 Å². The van der Waals surface area contributed by atoms with Gasteiger partial charge in [-0.2, -0.15) is 0 Å². The van der Waals surface area contributed by atoms with Crippen molar-refractivity contribution in [2.24, 2.45) is 5.92 Å². The van der Waals surface area contributed by atoms with Crippen molar-refractivity contribution in [1.82, 2.24) is 5.32 Å². The van der Waals surface area contributed by atoms with E-state index in [1.807, 2.05) is 32.0 Å². The van der Waals surface area contributed by atoms with Gasteiger partial charge < -0.3 is 15.2 Å². The molecule has 1 rings (SSSR count). The molecule has 0 aliphatic heterocycles. The van der Waals surface area contributed by atoms with E-state index >= 15 is 0 Å². The SMILES string of the molecule is CC(C)C(C)(O)COc1cccc(Cl)c1CNC(C)(C)C. The number of halogens is 1. The van der Waals surface area contributed by atoms with Crippen LogP contribution in [0.1, 0.15) is 47.1 Å². The maximum atomic E-state index is 10.3. The molecular weight excluding hydrogens is 286 g/mol. The van der Waals surface area contributed by atoms with E-state index in [9.17, 15) is 5.11 Å². The molecule has 1 aromatic carbocycles. The van der Waals surface area contributed by atoms with Crippen molar-refractivity contribution in [2.75, 3.05) is 6.61 Å². The van der Waals surface area contributed by atoms with Crippen LogP contribution in [-0.2, 0) is 6.54 Å². The fourth-order valence-corrected chi connectivity index (χ4v) is 1.82. The third kappa shape index (κ3) is 5.85. The van der Waals surface area contributed by atoms with E-state index in [1.54, 1.807) is 6.92 Å². The monoisotopic (exact) mass is 313 g/mol. The van der Waals surface area contributed by atoms with Gasteiger partial charge in [0.1, 0.15) is 12.4 Å². The number of hydrogen-bond donors (Lipinski definition) is 2. The average Bonchev–Trinajstić information content (AvgIpc) is 2.33. The van der Waals surface area contributed by atoms with E-state index in [2.05, 4.69) is 26.1 Å². The van der Waals surface area contributed by atoms with Gasteiger partial charge in [0.05, 0.1) is 5.60 Å². The summed E-state index contributed by atoms with van der Waals surface area (Å²) in [5.41, 5.74) is 0.0605. The van der Waals surface area contributed by atoms with Crippen LogP contribution in [0, 0.1) is 5.92 Å². The molecule has 0 bridgehead atoms. The van der Waals surface area contributed by atoms with Gasteiger partial charge in [-0.15, -0.1) is 0 Å². The number of benzene rings is 1. The molecule has 0 amide bonds. The Bertz CT molecular complexity index is 464. The topological polar surface area (TPSA) is 41.5 Å². The van der Waals surface area contributed by atoms with Crippen molar-refractivity contribution in [3.63, 3.8) is 0 Å². The van der Waals surface area contributed by atoms with E-state index < -0.39 is 5.60 Å². The summed E-state index contributed by atoms with van der Waals surface area (Å²) in [4.78, 5) is 0. The maximum Gasteiger partial charge on any atom is 0.125 e. The average molecular weight is 314 g/mol. The van der Waals surface area contributed by atoms with E-state index in [0.717, 1.165) is 11.3 Å². The Kier molecular flexibility index (Phi) is 6.09. The van der Waals surface area contributed by atoms with Crippen LogP contribution >= 0.6 is 11.6 Å². The minimum absolute atomic E-state index is 0.000133. The highest BCUT2D eigenvalue weighted by Crippen LogP contribution is 2.28. The Labute approximate surface area is 133 Å². The molecule has 0 radical (unpaired) electrons. The Morgan fingerprint density at radius 3 is 2.38 bits per heavy atom. The van der Waals surface area contributed by atoms with Crippen molar-refractivity contribution >= 4 is 11.6 Å². The van der Waals surface area contributed by atoms with Gasteiger partial charge in [0, 0.05) is 22.7 Å². The molecule has 21 heavy (non-hydrogen) atoms. The third-order valence-corrected chi connectivity index (χ3v) is 3.99. The van der Waals surface area contributed by atoms with Crippen LogP contribution in [0.15, 0.2) is 18.2 Å². The summed E-state index contributed by atoms with van der Waals surface area (Å²) in [6.45, 7) is 12.9. The summed E-state index contributed by atoms with van der Waals surface area (Å²) < 4.78 is 5.83. The van der Waals surface area contributed by atoms with Gasteiger partial charge in [-0.05, 0) is 45.7 Å². The second-order valence-corrected chi connectivity index (χ2v) is 7.53. The lowest BCUT2D eigenvalue weighted by Crippen LogP contribution is -2.38. The van der Waals surface area contributed by atoms with E-state index in [-0.39, 0.29) is 18.1 Å². The fraction of sp³-hybridized carbons (Fsp3) is 0.647. The van der Waals surface area contributed by atoms with Gasteiger partial charge in [-0.3, -0.25) is 0 Å². The van der Waals surface area contributed by atoms with Crippen molar-refractivity contribution in [2.45, 2.75) is 59.2 Å². The molecule has 3 nitrogen and oxygen atoms in total. The molecule has 1 aromatic rings. The zero-order valence-corrected chi connectivity index (χ0v) is 14.7. The van der Waals surface area contributed by atoms with Crippen molar-refractivity contribution in [3.05, 3.63) is 28.8 Å². The Morgan fingerprint density at radius 2 is 1.86 bits per heavy atom. The molecule has 120 valence electrons. The highest BCUT2D eigenvalue weighted by molar-refractivity contribution is 6.31. The molecular formula is C17H28ClNO2. The minimum Gasteiger partial charge on any atom is -0.490 e. The summed E-state index contributed by atoms with van der Waals surface area (Å²) in [5, 5.41) is 14.4. The summed E-state index contributed by atoms with van der Waals surface area (Å²) in [7, 11) is 0. The first-order chi connectivity index (χ1) is 9.53. The number of aliphatic hydroxyl groups is 1. The summed E-state index contributed by atoms with van der Waals surface area (Å²) >= 11 is 6.29. The summed E-state index contributed by atoms with van der Waals surface area (Å²) in [5.74, 6) is 0.841. The molecule has 0 aromatic heterocycles. The smallest absolute Gasteiger partial charge is 0.125 e. The molecule has 0 saturated heterocycles. The van der Waals surface area contributed by atoms with Crippen molar-refractivity contribution in [1.29, 1.82) is 0 Å². The van der Waals surface area contributed by atoms with Gasteiger partial charge in [0.2, 0.25) is 0 Å². The molecule has 1 atom stereocenters. The second kappa shape index (κ2) is 6.99. The third-order valence-electron chi connectivity index (χ3n) is 3.64. The van der Waals surface area contributed by atoms with Gasteiger partial charge in [-0.1, -0.05) is 31.5 Å². The molecule has 0 fully saturated rings. The zero-order chi connectivity index (χ0) is 16.3. The number of ether oxygens (including phenoxy) is 1. The van der Waals surface area contributed by atoms with Crippen LogP contribution in [0.5, 0.6) is 5.75 Å².